The molecule has 1 aromatic heterocycles. The van der Waals surface area contributed by atoms with Crippen molar-refractivity contribution in [2.24, 2.45) is 0 Å². The molecule has 0 aliphatic carbocycles. The number of aromatic nitrogens is 1. The van der Waals surface area contributed by atoms with Gasteiger partial charge in [0.25, 0.3) is 0 Å². The van der Waals surface area contributed by atoms with Gasteiger partial charge in [-0.1, -0.05) is 19.4 Å². The number of aryl methyl sites for hydroxylation is 1. The topological polar surface area (TPSA) is 41.2 Å². The standard InChI is InChI=1S/C11H15NO2/c1-2-3-7-12-8-5-4-6-10(12)9-11(13)14/h4-6,8H,2-3,7,9H2,1H3/p+1. The molecule has 0 radical (unpaired) electrons. The third-order valence-corrected chi connectivity index (χ3v) is 2.12. The summed E-state index contributed by atoms with van der Waals surface area (Å²) in [7, 11) is 0. The highest BCUT2D eigenvalue weighted by Crippen LogP contribution is 1.95. The molecule has 1 N–H and O–H groups in total. The van der Waals surface area contributed by atoms with E-state index in [-0.39, 0.29) is 6.42 Å². The number of rotatable bonds is 5. The minimum Gasteiger partial charge on any atom is -0.481 e. The minimum atomic E-state index is -0.776. The first kappa shape index (κ1) is 10.7. The molecule has 0 saturated carbocycles. The minimum absolute atomic E-state index is 0.102. The van der Waals surface area contributed by atoms with Crippen LogP contribution in [-0.2, 0) is 17.8 Å². The van der Waals surface area contributed by atoms with Crippen molar-refractivity contribution >= 4 is 5.97 Å². The molecule has 14 heavy (non-hydrogen) atoms. The highest BCUT2D eigenvalue weighted by Gasteiger charge is 2.11. The highest BCUT2D eigenvalue weighted by atomic mass is 16.4. The van der Waals surface area contributed by atoms with Gasteiger partial charge in [-0.15, -0.1) is 0 Å². The Bertz CT molecular complexity index is 310. The van der Waals surface area contributed by atoms with Crippen molar-refractivity contribution in [3.05, 3.63) is 30.1 Å². The number of carbonyl (C=O) groups is 1. The van der Waals surface area contributed by atoms with E-state index < -0.39 is 5.97 Å². The SMILES string of the molecule is CCCC[n+]1ccccc1CC(=O)O. The van der Waals surface area contributed by atoms with Gasteiger partial charge in [-0.2, -0.15) is 0 Å². The summed E-state index contributed by atoms with van der Waals surface area (Å²) in [4.78, 5) is 10.6. The molecule has 0 saturated heterocycles. The van der Waals surface area contributed by atoms with Gasteiger partial charge in [-0.05, 0) is 0 Å². The van der Waals surface area contributed by atoms with E-state index in [9.17, 15) is 4.79 Å². The Balaban J connectivity index is 2.74. The second kappa shape index (κ2) is 5.37. The van der Waals surface area contributed by atoms with Gasteiger partial charge in [0.1, 0.15) is 13.0 Å². The van der Waals surface area contributed by atoms with Crippen LogP contribution in [0.5, 0.6) is 0 Å². The normalized spacial score (nSPS) is 10.1. The summed E-state index contributed by atoms with van der Waals surface area (Å²) in [6.07, 6.45) is 4.24. The fourth-order valence-corrected chi connectivity index (χ4v) is 1.37. The van der Waals surface area contributed by atoms with Crippen molar-refractivity contribution in [1.29, 1.82) is 0 Å². The van der Waals surface area contributed by atoms with E-state index in [1.54, 1.807) is 0 Å². The van der Waals surface area contributed by atoms with Gasteiger partial charge in [-0.25, -0.2) is 4.57 Å². The molecule has 1 aromatic rings. The Morgan fingerprint density at radius 3 is 2.93 bits per heavy atom. The summed E-state index contributed by atoms with van der Waals surface area (Å²) >= 11 is 0. The van der Waals surface area contributed by atoms with Crippen LogP contribution in [0.1, 0.15) is 25.5 Å². The Kier molecular flexibility index (Phi) is 4.11. The lowest BCUT2D eigenvalue weighted by Crippen LogP contribution is -2.38. The highest BCUT2D eigenvalue weighted by molar-refractivity contribution is 5.69. The van der Waals surface area contributed by atoms with Crippen molar-refractivity contribution in [3.8, 4) is 0 Å². The number of hydrogen-bond acceptors (Lipinski definition) is 1. The number of unbranched alkanes of at least 4 members (excludes halogenated alkanes) is 1. The molecule has 1 heterocycles. The quantitative estimate of drug-likeness (QED) is 0.720. The Labute approximate surface area is 84.0 Å². The first-order valence-electron chi connectivity index (χ1n) is 4.93. The molecule has 3 heteroatoms. The maximum absolute atomic E-state index is 10.6. The molecule has 0 fully saturated rings. The van der Waals surface area contributed by atoms with Crippen LogP contribution in [0.4, 0.5) is 0 Å². The summed E-state index contributed by atoms with van der Waals surface area (Å²) < 4.78 is 2.01. The summed E-state index contributed by atoms with van der Waals surface area (Å²) in [5.74, 6) is -0.776. The molecular formula is C11H16NO2+. The predicted molar refractivity (Wildman–Crippen MR) is 52.9 cm³/mol. The monoisotopic (exact) mass is 194 g/mol. The maximum Gasteiger partial charge on any atom is 0.314 e. The zero-order valence-corrected chi connectivity index (χ0v) is 8.44. The summed E-state index contributed by atoms with van der Waals surface area (Å²) in [5.41, 5.74) is 0.869. The molecule has 3 nitrogen and oxygen atoms in total. The average Bonchev–Trinajstić information content (AvgIpc) is 2.16. The Morgan fingerprint density at radius 2 is 2.29 bits per heavy atom. The lowest BCUT2D eigenvalue weighted by atomic mass is 10.2. The molecule has 0 aliphatic heterocycles. The van der Waals surface area contributed by atoms with Gasteiger partial charge in [0, 0.05) is 18.6 Å². The van der Waals surface area contributed by atoms with E-state index >= 15 is 0 Å². The molecule has 1 rings (SSSR count). The van der Waals surface area contributed by atoms with E-state index in [0.29, 0.717) is 0 Å². The fourth-order valence-electron chi connectivity index (χ4n) is 1.37. The maximum atomic E-state index is 10.6. The molecule has 0 bridgehead atoms. The predicted octanol–water partition coefficient (Wildman–Crippen LogP) is 1.40. The van der Waals surface area contributed by atoms with E-state index in [1.165, 1.54) is 0 Å². The number of aliphatic carboxylic acids is 1. The van der Waals surface area contributed by atoms with Crippen LogP contribution in [0.3, 0.4) is 0 Å². The van der Waals surface area contributed by atoms with Gasteiger partial charge < -0.3 is 5.11 Å². The van der Waals surface area contributed by atoms with Crippen molar-refractivity contribution in [2.75, 3.05) is 0 Å². The molecule has 0 atom stereocenters. The lowest BCUT2D eigenvalue weighted by Gasteiger charge is -2.00. The molecule has 0 amide bonds. The van der Waals surface area contributed by atoms with Crippen LogP contribution < -0.4 is 4.57 Å². The molecule has 0 spiro atoms. The average molecular weight is 194 g/mol. The molecule has 0 aromatic carbocycles. The first-order valence-corrected chi connectivity index (χ1v) is 4.93. The number of carboxylic acids is 1. The number of nitrogens with zero attached hydrogens (tertiary/aromatic N) is 1. The molecule has 0 aliphatic rings. The molecule has 0 unspecified atom stereocenters. The fraction of sp³-hybridized carbons (Fsp3) is 0.455. The van der Waals surface area contributed by atoms with Crippen LogP contribution >= 0.6 is 0 Å². The van der Waals surface area contributed by atoms with Crippen molar-refractivity contribution in [3.63, 3.8) is 0 Å². The summed E-state index contributed by atoms with van der Waals surface area (Å²) in [6.45, 7) is 3.03. The van der Waals surface area contributed by atoms with Gasteiger partial charge in [-0.3, -0.25) is 4.79 Å². The third kappa shape index (κ3) is 3.17. The lowest BCUT2D eigenvalue weighted by molar-refractivity contribution is -0.704. The van der Waals surface area contributed by atoms with Crippen molar-refractivity contribution in [1.82, 2.24) is 0 Å². The third-order valence-electron chi connectivity index (χ3n) is 2.12. The van der Waals surface area contributed by atoms with Gasteiger partial charge in [0.15, 0.2) is 11.9 Å². The van der Waals surface area contributed by atoms with Crippen LogP contribution in [-0.4, -0.2) is 11.1 Å². The summed E-state index contributed by atoms with van der Waals surface area (Å²) in [6, 6.07) is 5.67. The van der Waals surface area contributed by atoms with E-state index in [4.69, 9.17) is 5.11 Å². The smallest absolute Gasteiger partial charge is 0.314 e. The zero-order valence-electron chi connectivity index (χ0n) is 8.44. The van der Waals surface area contributed by atoms with E-state index in [2.05, 4.69) is 6.92 Å². The second-order valence-electron chi connectivity index (χ2n) is 3.31. The first-order chi connectivity index (χ1) is 6.74. The Hall–Kier alpha value is -1.38. The molecular weight excluding hydrogens is 178 g/mol. The molecule has 76 valence electrons. The number of pyridine rings is 1. The zero-order chi connectivity index (χ0) is 10.4. The number of carboxylic acid groups (broad SMARTS) is 1. The van der Waals surface area contributed by atoms with Gasteiger partial charge in [0.2, 0.25) is 0 Å². The van der Waals surface area contributed by atoms with Crippen molar-refractivity contribution < 1.29 is 14.5 Å². The van der Waals surface area contributed by atoms with E-state index in [1.807, 2.05) is 29.0 Å². The van der Waals surface area contributed by atoms with Crippen LogP contribution in [0, 0.1) is 0 Å². The second-order valence-corrected chi connectivity index (χ2v) is 3.31. The largest absolute Gasteiger partial charge is 0.481 e. The van der Waals surface area contributed by atoms with Gasteiger partial charge >= 0.3 is 5.97 Å². The van der Waals surface area contributed by atoms with E-state index in [0.717, 1.165) is 25.1 Å². The Morgan fingerprint density at radius 1 is 1.50 bits per heavy atom. The van der Waals surface area contributed by atoms with Crippen LogP contribution in [0.25, 0.3) is 0 Å². The number of hydrogen-bond donors (Lipinski definition) is 1. The summed E-state index contributed by atoms with van der Waals surface area (Å²) in [5, 5.41) is 8.70. The van der Waals surface area contributed by atoms with Gasteiger partial charge in [0.05, 0.1) is 0 Å². The van der Waals surface area contributed by atoms with Crippen LogP contribution in [0.15, 0.2) is 24.4 Å². The van der Waals surface area contributed by atoms with Crippen LogP contribution in [0.2, 0.25) is 0 Å². The van der Waals surface area contributed by atoms with Crippen molar-refractivity contribution in [2.45, 2.75) is 32.7 Å².